The summed E-state index contributed by atoms with van der Waals surface area (Å²) in [6.07, 6.45) is 2.53. The van der Waals surface area contributed by atoms with Gasteiger partial charge in [-0.25, -0.2) is 9.97 Å². The zero-order valence-corrected chi connectivity index (χ0v) is 18.1. The smallest absolute Gasteiger partial charge is 0.234 e. The van der Waals surface area contributed by atoms with Crippen molar-refractivity contribution in [2.24, 2.45) is 0 Å². The summed E-state index contributed by atoms with van der Waals surface area (Å²) in [5.41, 5.74) is 4.16. The van der Waals surface area contributed by atoms with Gasteiger partial charge in [-0.05, 0) is 41.8 Å². The van der Waals surface area contributed by atoms with Crippen LogP contribution in [-0.4, -0.2) is 21.6 Å². The molecule has 2 aromatic carbocycles. The van der Waals surface area contributed by atoms with Gasteiger partial charge in [-0.1, -0.05) is 54.6 Å². The molecule has 0 aliphatic carbocycles. The predicted octanol–water partition coefficient (Wildman–Crippen LogP) is 6.30. The van der Waals surface area contributed by atoms with Gasteiger partial charge in [0.05, 0.1) is 11.1 Å². The Morgan fingerprint density at radius 3 is 2.59 bits per heavy atom. The van der Waals surface area contributed by atoms with Crippen LogP contribution in [0.4, 0.5) is 5.69 Å². The molecular weight excluding hydrogens is 422 g/mol. The molecule has 0 spiro atoms. The first-order valence-electron chi connectivity index (χ1n) is 9.13. The fraction of sp³-hybridized carbons (Fsp3) is 0.136. The van der Waals surface area contributed by atoms with E-state index in [-0.39, 0.29) is 11.7 Å². The van der Waals surface area contributed by atoms with Crippen LogP contribution in [0.25, 0.3) is 21.3 Å². The number of anilines is 1. The Labute approximate surface area is 182 Å². The van der Waals surface area contributed by atoms with Gasteiger partial charge in [-0.2, -0.15) is 0 Å². The number of rotatable bonds is 6. The number of hydrogen-bond acceptors (Lipinski definition) is 5. The lowest BCUT2D eigenvalue weighted by atomic mass is 10.1. The van der Waals surface area contributed by atoms with Crippen molar-refractivity contribution in [2.45, 2.75) is 18.4 Å². The molecule has 0 saturated heterocycles. The maximum Gasteiger partial charge on any atom is 0.234 e. The van der Waals surface area contributed by atoms with Crippen LogP contribution in [0.5, 0.6) is 0 Å². The van der Waals surface area contributed by atoms with Crippen LogP contribution in [-0.2, 0) is 11.2 Å². The predicted molar refractivity (Wildman–Crippen MR) is 123 cm³/mol. The Hall–Kier alpha value is -2.41. The summed E-state index contributed by atoms with van der Waals surface area (Å²) in [4.78, 5) is 22.1. The molecule has 4 nitrogen and oxygen atoms in total. The molecule has 0 fully saturated rings. The summed E-state index contributed by atoms with van der Waals surface area (Å²) in [5, 5.41) is 7.49. The molecule has 0 atom stereocenters. The largest absolute Gasteiger partial charge is 0.325 e. The maximum atomic E-state index is 12.4. The minimum Gasteiger partial charge on any atom is -0.325 e. The van der Waals surface area contributed by atoms with Crippen LogP contribution in [0.1, 0.15) is 12.5 Å². The third kappa shape index (κ3) is 4.61. The first-order chi connectivity index (χ1) is 14.1. The van der Waals surface area contributed by atoms with Crippen LogP contribution in [0.15, 0.2) is 65.3 Å². The Balaban J connectivity index is 1.52. The van der Waals surface area contributed by atoms with Crippen molar-refractivity contribution in [3.8, 4) is 11.1 Å². The lowest BCUT2D eigenvalue weighted by molar-refractivity contribution is -0.113. The summed E-state index contributed by atoms with van der Waals surface area (Å²) in [6, 6.07) is 15.6. The molecule has 29 heavy (non-hydrogen) atoms. The number of aromatic nitrogens is 2. The first-order valence-corrected chi connectivity index (χ1v) is 11.4. The van der Waals surface area contributed by atoms with E-state index in [1.807, 2.05) is 48.5 Å². The van der Waals surface area contributed by atoms with Gasteiger partial charge < -0.3 is 5.32 Å². The molecule has 0 saturated carbocycles. The molecule has 1 N–H and O–H groups in total. The standard InChI is InChI=1S/C22H18ClN3OS2/c1-2-14-3-9-17(10-4-14)26-19(27)12-29-22-20-18(11-28-21(20)24-13-25-22)15-5-7-16(23)8-6-15/h3-11,13H,2,12H2,1H3,(H,26,27). The number of amides is 1. The Morgan fingerprint density at radius 1 is 1.10 bits per heavy atom. The average Bonchev–Trinajstić information content (AvgIpc) is 3.18. The van der Waals surface area contributed by atoms with Crippen LogP contribution >= 0.6 is 34.7 Å². The summed E-state index contributed by atoms with van der Waals surface area (Å²) in [6.45, 7) is 2.11. The topological polar surface area (TPSA) is 54.9 Å². The quantitative estimate of drug-likeness (QED) is 0.282. The lowest BCUT2D eigenvalue weighted by Crippen LogP contribution is -2.14. The van der Waals surface area contributed by atoms with Crippen molar-refractivity contribution >= 4 is 56.5 Å². The van der Waals surface area contributed by atoms with Crippen LogP contribution in [0.3, 0.4) is 0 Å². The van der Waals surface area contributed by atoms with Gasteiger partial charge >= 0.3 is 0 Å². The zero-order valence-electron chi connectivity index (χ0n) is 15.7. The van der Waals surface area contributed by atoms with Gasteiger partial charge in [0, 0.05) is 21.7 Å². The van der Waals surface area contributed by atoms with Gasteiger partial charge in [-0.15, -0.1) is 11.3 Å². The highest BCUT2D eigenvalue weighted by atomic mass is 35.5. The molecule has 0 aliphatic heterocycles. The van der Waals surface area contributed by atoms with Crippen molar-refractivity contribution in [2.75, 3.05) is 11.1 Å². The van der Waals surface area contributed by atoms with E-state index < -0.39 is 0 Å². The Kier molecular flexibility index (Phi) is 6.13. The molecule has 2 aromatic heterocycles. The number of fused-ring (bicyclic) bond motifs is 1. The van der Waals surface area contributed by atoms with Crippen molar-refractivity contribution in [3.05, 3.63) is 70.8 Å². The summed E-state index contributed by atoms with van der Waals surface area (Å²) in [5.74, 6) is 0.214. The van der Waals surface area contributed by atoms with E-state index in [4.69, 9.17) is 11.6 Å². The number of thioether (sulfide) groups is 1. The van der Waals surface area contributed by atoms with E-state index >= 15 is 0 Å². The van der Waals surface area contributed by atoms with Gasteiger partial charge in [-0.3, -0.25) is 4.79 Å². The highest BCUT2D eigenvalue weighted by molar-refractivity contribution is 8.00. The Morgan fingerprint density at radius 2 is 1.86 bits per heavy atom. The second kappa shape index (κ2) is 8.95. The number of nitrogens with zero attached hydrogens (tertiary/aromatic N) is 2. The van der Waals surface area contributed by atoms with Crippen molar-refractivity contribution in [1.29, 1.82) is 0 Å². The molecule has 4 rings (SSSR count). The average molecular weight is 440 g/mol. The van der Waals surface area contributed by atoms with Gasteiger partial charge in [0.2, 0.25) is 5.91 Å². The van der Waals surface area contributed by atoms with Crippen molar-refractivity contribution in [3.63, 3.8) is 0 Å². The third-order valence-electron chi connectivity index (χ3n) is 4.48. The summed E-state index contributed by atoms with van der Waals surface area (Å²) in [7, 11) is 0. The number of nitrogens with one attached hydrogen (secondary N) is 1. The fourth-order valence-corrected chi connectivity index (χ4v) is 4.87. The second-order valence-electron chi connectivity index (χ2n) is 6.40. The molecular formula is C22H18ClN3OS2. The van der Waals surface area contributed by atoms with Crippen LogP contribution in [0.2, 0.25) is 5.02 Å². The van der Waals surface area contributed by atoms with E-state index in [0.717, 1.165) is 38.5 Å². The minimum absolute atomic E-state index is 0.0608. The summed E-state index contributed by atoms with van der Waals surface area (Å²) >= 11 is 9.01. The molecule has 0 unspecified atom stereocenters. The number of aryl methyl sites for hydroxylation is 1. The SMILES string of the molecule is CCc1ccc(NC(=O)CSc2ncnc3scc(-c4ccc(Cl)cc4)c23)cc1. The van der Waals surface area contributed by atoms with Crippen molar-refractivity contribution < 1.29 is 4.79 Å². The van der Waals surface area contributed by atoms with Crippen LogP contribution in [0, 0.1) is 0 Å². The Bertz CT molecular complexity index is 1140. The van der Waals surface area contributed by atoms with Gasteiger partial charge in [0.1, 0.15) is 16.2 Å². The van der Waals surface area contributed by atoms with E-state index in [1.165, 1.54) is 17.3 Å². The molecule has 4 aromatic rings. The fourth-order valence-electron chi connectivity index (χ4n) is 2.95. The molecule has 7 heteroatoms. The summed E-state index contributed by atoms with van der Waals surface area (Å²) < 4.78 is 0. The molecule has 2 heterocycles. The van der Waals surface area contributed by atoms with Crippen molar-refractivity contribution in [1.82, 2.24) is 9.97 Å². The van der Waals surface area contributed by atoms with E-state index in [0.29, 0.717) is 5.02 Å². The van der Waals surface area contributed by atoms with E-state index in [9.17, 15) is 4.79 Å². The molecule has 1 amide bonds. The molecule has 0 radical (unpaired) electrons. The molecule has 0 bridgehead atoms. The number of carbonyl (C=O) groups excluding carboxylic acids is 1. The number of hydrogen-bond donors (Lipinski definition) is 1. The number of halogens is 1. The highest BCUT2D eigenvalue weighted by Gasteiger charge is 2.15. The van der Waals surface area contributed by atoms with Gasteiger partial charge in [0.15, 0.2) is 0 Å². The van der Waals surface area contributed by atoms with Crippen LogP contribution < -0.4 is 5.32 Å². The first kappa shape index (κ1) is 19.9. The zero-order chi connectivity index (χ0) is 20.2. The molecule has 0 aliphatic rings. The third-order valence-corrected chi connectivity index (χ3v) is 6.60. The highest BCUT2D eigenvalue weighted by Crippen LogP contribution is 2.38. The minimum atomic E-state index is -0.0608. The van der Waals surface area contributed by atoms with Gasteiger partial charge in [0.25, 0.3) is 0 Å². The monoisotopic (exact) mass is 439 g/mol. The van der Waals surface area contributed by atoms with E-state index in [1.54, 1.807) is 17.7 Å². The molecule has 146 valence electrons. The maximum absolute atomic E-state index is 12.4. The lowest BCUT2D eigenvalue weighted by Gasteiger charge is -2.07. The normalized spacial score (nSPS) is 11.0. The number of thiophene rings is 1. The van der Waals surface area contributed by atoms with E-state index in [2.05, 4.69) is 27.6 Å². The number of benzene rings is 2. The second-order valence-corrected chi connectivity index (χ2v) is 8.66. The number of carbonyl (C=O) groups is 1.